The first-order valence-corrected chi connectivity index (χ1v) is 8.62. The molecule has 0 bridgehead atoms. The van der Waals surface area contributed by atoms with Gasteiger partial charge >= 0.3 is 0 Å². The fourth-order valence-electron chi connectivity index (χ4n) is 2.38. The van der Waals surface area contributed by atoms with Gasteiger partial charge in [-0.1, -0.05) is 47.5 Å². The van der Waals surface area contributed by atoms with Crippen LogP contribution < -0.4 is 10.9 Å². The Balaban J connectivity index is 1.70. The van der Waals surface area contributed by atoms with Crippen LogP contribution in [0.4, 0.5) is 0 Å². The lowest BCUT2D eigenvalue weighted by Crippen LogP contribution is -2.33. The highest BCUT2D eigenvalue weighted by molar-refractivity contribution is 6.30. The molecule has 1 heterocycles. The van der Waals surface area contributed by atoms with Gasteiger partial charge in [-0.2, -0.15) is 5.10 Å². The first kappa shape index (κ1) is 18.2. The van der Waals surface area contributed by atoms with Crippen LogP contribution >= 0.6 is 23.2 Å². The van der Waals surface area contributed by atoms with Crippen LogP contribution in [0.15, 0.2) is 65.5 Å². The summed E-state index contributed by atoms with van der Waals surface area (Å²) in [6, 6.07) is 17.3. The molecule has 1 aromatic heterocycles. The van der Waals surface area contributed by atoms with Gasteiger partial charge in [0.2, 0.25) is 5.91 Å². The van der Waals surface area contributed by atoms with Gasteiger partial charge in [0.25, 0.3) is 5.56 Å². The van der Waals surface area contributed by atoms with Crippen LogP contribution in [0.2, 0.25) is 10.0 Å². The minimum Gasteiger partial charge on any atom is -0.350 e. The van der Waals surface area contributed by atoms with Gasteiger partial charge in [-0.15, -0.1) is 0 Å². The summed E-state index contributed by atoms with van der Waals surface area (Å²) < 4.78 is 1.14. The number of hydrogen-bond donors (Lipinski definition) is 1. The molecule has 7 heteroatoms. The summed E-state index contributed by atoms with van der Waals surface area (Å²) >= 11 is 11.8. The number of nitrogens with zero attached hydrogens (tertiary/aromatic N) is 2. The third-order valence-electron chi connectivity index (χ3n) is 3.68. The molecule has 132 valence electrons. The van der Waals surface area contributed by atoms with E-state index < -0.39 is 0 Å². The smallest absolute Gasteiger partial charge is 0.267 e. The molecule has 0 fully saturated rings. The van der Waals surface area contributed by atoms with E-state index in [4.69, 9.17) is 23.2 Å². The minimum atomic E-state index is -0.347. The zero-order chi connectivity index (χ0) is 18.5. The van der Waals surface area contributed by atoms with E-state index in [0.29, 0.717) is 22.3 Å². The molecular formula is C19H15Cl2N3O2. The molecule has 0 unspecified atom stereocenters. The Morgan fingerprint density at radius 2 is 1.77 bits per heavy atom. The third-order valence-corrected chi connectivity index (χ3v) is 4.17. The number of nitrogens with one attached hydrogen (secondary N) is 1. The lowest BCUT2D eigenvalue weighted by Gasteiger charge is -2.09. The molecule has 0 atom stereocenters. The SMILES string of the molecule is O=C(Cn1nc(-c2ccc(Cl)cc2)ccc1=O)NCc1cccc(Cl)c1. The second-order valence-electron chi connectivity index (χ2n) is 5.63. The molecule has 5 nitrogen and oxygen atoms in total. The van der Waals surface area contributed by atoms with Crippen LogP contribution in [-0.2, 0) is 17.9 Å². The number of aromatic nitrogens is 2. The number of carbonyl (C=O) groups is 1. The van der Waals surface area contributed by atoms with Crippen molar-refractivity contribution in [2.75, 3.05) is 0 Å². The molecule has 3 rings (SSSR count). The Morgan fingerprint density at radius 1 is 1.00 bits per heavy atom. The van der Waals surface area contributed by atoms with Crippen molar-refractivity contribution in [3.05, 3.63) is 86.6 Å². The van der Waals surface area contributed by atoms with E-state index in [9.17, 15) is 9.59 Å². The van der Waals surface area contributed by atoms with E-state index in [1.165, 1.54) is 6.07 Å². The summed E-state index contributed by atoms with van der Waals surface area (Å²) in [4.78, 5) is 24.1. The normalized spacial score (nSPS) is 10.5. The number of amides is 1. The summed E-state index contributed by atoms with van der Waals surface area (Å²) in [7, 11) is 0. The van der Waals surface area contributed by atoms with Crippen LogP contribution in [0.3, 0.4) is 0 Å². The molecule has 0 saturated carbocycles. The Morgan fingerprint density at radius 3 is 2.50 bits per heavy atom. The second kappa shape index (κ2) is 8.17. The fraction of sp³-hybridized carbons (Fsp3) is 0.105. The van der Waals surface area contributed by atoms with Gasteiger partial charge in [-0.3, -0.25) is 9.59 Å². The summed E-state index contributed by atoms with van der Waals surface area (Å²) in [5.74, 6) is -0.312. The lowest BCUT2D eigenvalue weighted by atomic mass is 10.1. The molecule has 0 aliphatic heterocycles. The van der Waals surface area contributed by atoms with Crippen molar-refractivity contribution in [1.29, 1.82) is 0 Å². The number of carbonyl (C=O) groups excluding carboxylic acids is 1. The van der Waals surface area contributed by atoms with Crippen molar-refractivity contribution in [3.63, 3.8) is 0 Å². The van der Waals surface area contributed by atoms with E-state index in [2.05, 4.69) is 10.4 Å². The highest BCUT2D eigenvalue weighted by Crippen LogP contribution is 2.18. The molecule has 3 aromatic rings. The highest BCUT2D eigenvalue weighted by Gasteiger charge is 2.08. The first-order valence-electron chi connectivity index (χ1n) is 7.86. The summed E-state index contributed by atoms with van der Waals surface area (Å²) in [5.41, 5.74) is 1.92. The third kappa shape index (κ3) is 4.71. The Labute approximate surface area is 160 Å². The molecule has 1 N–H and O–H groups in total. The van der Waals surface area contributed by atoms with Crippen molar-refractivity contribution in [3.8, 4) is 11.3 Å². The average Bonchev–Trinajstić information content (AvgIpc) is 2.63. The zero-order valence-corrected chi connectivity index (χ0v) is 15.2. The molecular weight excluding hydrogens is 373 g/mol. The molecule has 0 radical (unpaired) electrons. The lowest BCUT2D eigenvalue weighted by molar-refractivity contribution is -0.122. The van der Waals surface area contributed by atoms with Crippen molar-refractivity contribution in [2.45, 2.75) is 13.1 Å². The number of halogens is 2. The number of hydrogen-bond acceptors (Lipinski definition) is 3. The standard InChI is InChI=1S/C19H15Cl2N3O2/c20-15-6-4-14(5-7-15)17-8-9-19(26)24(23-17)12-18(25)22-11-13-2-1-3-16(21)10-13/h1-10H,11-12H2,(H,22,25). The van der Waals surface area contributed by atoms with E-state index >= 15 is 0 Å². The molecule has 0 saturated heterocycles. The van der Waals surface area contributed by atoms with Crippen molar-refractivity contribution in [1.82, 2.24) is 15.1 Å². The Kier molecular flexibility index (Phi) is 5.71. The monoisotopic (exact) mass is 387 g/mol. The molecule has 0 aliphatic rings. The van der Waals surface area contributed by atoms with Crippen LogP contribution in [0.5, 0.6) is 0 Å². The number of rotatable bonds is 5. The van der Waals surface area contributed by atoms with Crippen LogP contribution in [0.25, 0.3) is 11.3 Å². The van der Waals surface area contributed by atoms with Gasteiger partial charge in [0.15, 0.2) is 0 Å². The fourth-order valence-corrected chi connectivity index (χ4v) is 2.72. The van der Waals surface area contributed by atoms with Crippen molar-refractivity contribution in [2.24, 2.45) is 0 Å². The average molecular weight is 388 g/mol. The predicted molar refractivity (Wildman–Crippen MR) is 102 cm³/mol. The summed E-state index contributed by atoms with van der Waals surface area (Å²) in [6.07, 6.45) is 0. The van der Waals surface area contributed by atoms with E-state index in [1.54, 1.807) is 42.5 Å². The number of benzene rings is 2. The van der Waals surface area contributed by atoms with Crippen molar-refractivity contribution < 1.29 is 4.79 Å². The van der Waals surface area contributed by atoms with Gasteiger partial charge in [-0.05, 0) is 35.9 Å². The predicted octanol–water partition coefficient (Wildman–Crippen LogP) is 3.53. The summed E-state index contributed by atoms with van der Waals surface area (Å²) in [5, 5.41) is 8.23. The molecule has 1 amide bonds. The maximum atomic E-state index is 12.2. The van der Waals surface area contributed by atoms with Gasteiger partial charge < -0.3 is 5.32 Å². The van der Waals surface area contributed by atoms with Crippen LogP contribution in [-0.4, -0.2) is 15.7 Å². The van der Waals surface area contributed by atoms with Gasteiger partial charge in [-0.25, -0.2) is 4.68 Å². The van der Waals surface area contributed by atoms with Crippen molar-refractivity contribution >= 4 is 29.1 Å². The topological polar surface area (TPSA) is 64.0 Å². The largest absolute Gasteiger partial charge is 0.350 e. The molecule has 2 aromatic carbocycles. The van der Waals surface area contributed by atoms with E-state index in [0.717, 1.165) is 15.8 Å². The quantitative estimate of drug-likeness (QED) is 0.727. The minimum absolute atomic E-state index is 0.166. The maximum Gasteiger partial charge on any atom is 0.267 e. The van der Waals surface area contributed by atoms with Gasteiger partial charge in [0.05, 0.1) is 5.69 Å². The summed E-state index contributed by atoms with van der Waals surface area (Å²) in [6.45, 7) is 0.159. The van der Waals surface area contributed by atoms with Gasteiger partial charge in [0.1, 0.15) is 6.54 Å². The molecule has 26 heavy (non-hydrogen) atoms. The van der Waals surface area contributed by atoms with E-state index in [1.807, 2.05) is 12.1 Å². The van der Waals surface area contributed by atoms with Crippen LogP contribution in [0, 0.1) is 0 Å². The first-order chi connectivity index (χ1) is 12.5. The highest BCUT2D eigenvalue weighted by atomic mass is 35.5. The van der Waals surface area contributed by atoms with E-state index in [-0.39, 0.29) is 18.0 Å². The molecule has 0 spiro atoms. The Bertz CT molecular complexity index is 985. The zero-order valence-electron chi connectivity index (χ0n) is 13.7. The van der Waals surface area contributed by atoms with Gasteiger partial charge in [0, 0.05) is 28.2 Å². The maximum absolute atomic E-state index is 12.2. The second-order valence-corrected chi connectivity index (χ2v) is 6.50. The van der Waals surface area contributed by atoms with Crippen LogP contribution in [0.1, 0.15) is 5.56 Å². The Hall–Kier alpha value is -2.63. The molecule has 0 aliphatic carbocycles.